The molecule has 0 radical (unpaired) electrons. The second-order valence-corrected chi connectivity index (χ2v) is 3.70. The van der Waals surface area contributed by atoms with E-state index in [0.29, 0.717) is 5.92 Å². The number of nitrogens with one attached hydrogen (secondary N) is 1. The summed E-state index contributed by atoms with van der Waals surface area (Å²) in [5, 5.41) is 10.2. The lowest BCUT2D eigenvalue weighted by Gasteiger charge is -2.07. The van der Waals surface area contributed by atoms with Crippen molar-refractivity contribution >= 4 is 10.9 Å². The Morgan fingerprint density at radius 2 is 2.14 bits per heavy atom. The van der Waals surface area contributed by atoms with Gasteiger partial charge >= 0.3 is 0 Å². The van der Waals surface area contributed by atoms with Crippen LogP contribution >= 0.6 is 0 Å². The van der Waals surface area contributed by atoms with Crippen molar-refractivity contribution in [2.24, 2.45) is 0 Å². The molecule has 1 aromatic heterocycles. The summed E-state index contributed by atoms with van der Waals surface area (Å²) in [7, 11) is 0. The number of rotatable bonds is 3. The second kappa shape index (κ2) is 3.84. The third kappa shape index (κ3) is 1.53. The molecule has 2 heteroatoms. The zero-order valence-electron chi connectivity index (χ0n) is 8.33. The summed E-state index contributed by atoms with van der Waals surface area (Å²) < 4.78 is 0. The topological polar surface area (TPSA) is 36.0 Å². The van der Waals surface area contributed by atoms with Gasteiger partial charge in [0.05, 0.1) is 0 Å². The first-order chi connectivity index (χ1) is 6.83. The number of aromatic nitrogens is 1. The Morgan fingerprint density at radius 1 is 1.36 bits per heavy atom. The van der Waals surface area contributed by atoms with Gasteiger partial charge in [-0.1, -0.05) is 25.1 Å². The average Bonchev–Trinajstić information content (AvgIpc) is 2.61. The predicted molar refractivity (Wildman–Crippen MR) is 58.4 cm³/mol. The van der Waals surface area contributed by atoms with Crippen LogP contribution in [0.15, 0.2) is 30.5 Å². The van der Waals surface area contributed by atoms with Gasteiger partial charge in [0.25, 0.3) is 0 Å². The molecule has 0 spiro atoms. The number of fused-ring (bicyclic) bond motifs is 1. The van der Waals surface area contributed by atoms with Gasteiger partial charge in [-0.05, 0) is 24.0 Å². The summed E-state index contributed by atoms with van der Waals surface area (Å²) in [5.41, 5.74) is 2.47. The Kier molecular flexibility index (Phi) is 2.55. The average molecular weight is 189 g/mol. The molecule has 0 amide bonds. The normalized spacial score (nSPS) is 13.3. The van der Waals surface area contributed by atoms with Gasteiger partial charge in [-0.2, -0.15) is 0 Å². The monoisotopic (exact) mass is 189 g/mol. The number of H-pyrrole nitrogens is 1. The maximum Gasteiger partial charge on any atom is 0.0456 e. The Hall–Kier alpha value is -1.28. The van der Waals surface area contributed by atoms with Crippen molar-refractivity contribution in [1.29, 1.82) is 0 Å². The summed E-state index contributed by atoms with van der Waals surface area (Å²) in [6.45, 7) is 2.40. The minimum Gasteiger partial charge on any atom is -0.396 e. The minimum absolute atomic E-state index is 0.251. The molecule has 0 saturated carbocycles. The van der Waals surface area contributed by atoms with E-state index < -0.39 is 0 Å². The van der Waals surface area contributed by atoms with E-state index in [4.69, 9.17) is 5.11 Å². The molecule has 0 aliphatic rings. The van der Waals surface area contributed by atoms with Crippen molar-refractivity contribution < 1.29 is 5.11 Å². The van der Waals surface area contributed by atoms with Crippen molar-refractivity contribution in [3.05, 3.63) is 36.0 Å². The highest BCUT2D eigenvalue weighted by Crippen LogP contribution is 2.26. The standard InChI is InChI=1S/C12H15NO/c1-9(6-7-14)11-8-13-12-5-3-2-4-10(11)12/h2-5,8-9,13-14H,6-7H2,1H3. The lowest BCUT2D eigenvalue weighted by atomic mass is 9.98. The summed E-state index contributed by atoms with van der Waals surface area (Å²) in [6, 6.07) is 8.27. The van der Waals surface area contributed by atoms with Crippen LogP contribution in [0, 0.1) is 0 Å². The third-order valence-corrected chi connectivity index (χ3v) is 2.71. The zero-order valence-corrected chi connectivity index (χ0v) is 8.33. The number of para-hydroxylation sites is 1. The lowest BCUT2D eigenvalue weighted by molar-refractivity contribution is 0.279. The van der Waals surface area contributed by atoms with Crippen molar-refractivity contribution in [2.45, 2.75) is 19.3 Å². The molecule has 1 heterocycles. The maximum absolute atomic E-state index is 8.90. The molecular weight excluding hydrogens is 174 g/mol. The summed E-state index contributed by atoms with van der Waals surface area (Å²) in [5.74, 6) is 0.413. The van der Waals surface area contributed by atoms with E-state index in [0.717, 1.165) is 6.42 Å². The Morgan fingerprint density at radius 3 is 2.93 bits per heavy atom. The highest BCUT2D eigenvalue weighted by molar-refractivity contribution is 5.83. The van der Waals surface area contributed by atoms with Crippen LogP contribution in [0.3, 0.4) is 0 Å². The van der Waals surface area contributed by atoms with Crippen LogP contribution in [-0.2, 0) is 0 Å². The van der Waals surface area contributed by atoms with Crippen LogP contribution in [0.1, 0.15) is 24.8 Å². The fourth-order valence-electron chi connectivity index (χ4n) is 1.85. The Labute approximate surface area is 83.6 Å². The van der Waals surface area contributed by atoms with Gasteiger partial charge in [0, 0.05) is 23.7 Å². The van der Waals surface area contributed by atoms with Crippen LogP contribution in [0.5, 0.6) is 0 Å². The molecule has 0 saturated heterocycles. The zero-order chi connectivity index (χ0) is 9.97. The van der Waals surface area contributed by atoms with E-state index >= 15 is 0 Å². The fraction of sp³-hybridized carbons (Fsp3) is 0.333. The van der Waals surface area contributed by atoms with Gasteiger partial charge in [-0.3, -0.25) is 0 Å². The van der Waals surface area contributed by atoms with Gasteiger partial charge in [0.1, 0.15) is 0 Å². The molecule has 0 fully saturated rings. The number of hydrogen-bond acceptors (Lipinski definition) is 1. The van der Waals surface area contributed by atoms with E-state index in [1.54, 1.807) is 0 Å². The first-order valence-corrected chi connectivity index (χ1v) is 5.00. The largest absolute Gasteiger partial charge is 0.396 e. The van der Waals surface area contributed by atoms with Crippen LogP contribution in [0.4, 0.5) is 0 Å². The highest BCUT2D eigenvalue weighted by Gasteiger charge is 2.09. The van der Waals surface area contributed by atoms with Crippen LogP contribution in [0.25, 0.3) is 10.9 Å². The fourth-order valence-corrected chi connectivity index (χ4v) is 1.85. The van der Waals surface area contributed by atoms with Crippen LogP contribution in [0.2, 0.25) is 0 Å². The molecule has 0 aliphatic heterocycles. The molecule has 14 heavy (non-hydrogen) atoms. The maximum atomic E-state index is 8.90. The van der Waals surface area contributed by atoms with Crippen LogP contribution in [-0.4, -0.2) is 16.7 Å². The van der Waals surface area contributed by atoms with E-state index in [9.17, 15) is 0 Å². The summed E-state index contributed by atoms with van der Waals surface area (Å²) in [6.07, 6.45) is 2.87. The number of aliphatic hydroxyl groups is 1. The number of hydrogen-bond donors (Lipinski definition) is 2. The minimum atomic E-state index is 0.251. The molecule has 0 bridgehead atoms. The third-order valence-electron chi connectivity index (χ3n) is 2.71. The quantitative estimate of drug-likeness (QED) is 0.765. The molecular formula is C12H15NO. The lowest BCUT2D eigenvalue weighted by Crippen LogP contribution is -1.95. The molecule has 2 rings (SSSR count). The molecule has 1 atom stereocenters. The molecule has 2 nitrogen and oxygen atoms in total. The molecule has 2 aromatic rings. The number of benzene rings is 1. The van der Waals surface area contributed by atoms with E-state index in [-0.39, 0.29) is 6.61 Å². The van der Waals surface area contributed by atoms with Crippen molar-refractivity contribution in [1.82, 2.24) is 4.98 Å². The SMILES string of the molecule is CC(CCO)c1c[nH]c2ccccc12. The van der Waals surface area contributed by atoms with Gasteiger partial charge in [0.15, 0.2) is 0 Å². The van der Waals surface area contributed by atoms with Gasteiger partial charge in [0.2, 0.25) is 0 Å². The van der Waals surface area contributed by atoms with Crippen molar-refractivity contribution in [3.8, 4) is 0 Å². The molecule has 74 valence electrons. The molecule has 1 unspecified atom stereocenters. The summed E-state index contributed by atoms with van der Waals surface area (Å²) >= 11 is 0. The van der Waals surface area contributed by atoms with Gasteiger partial charge < -0.3 is 10.1 Å². The first-order valence-electron chi connectivity index (χ1n) is 5.00. The van der Waals surface area contributed by atoms with E-state index in [1.165, 1.54) is 16.5 Å². The van der Waals surface area contributed by atoms with Crippen molar-refractivity contribution in [3.63, 3.8) is 0 Å². The Bertz CT molecular complexity index is 419. The number of aliphatic hydroxyl groups excluding tert-OH is 1. The molecule has 1 aromatic carbocycles. The van der Waals surface area contributed by atoms with Crippen molar-refractivity contribution in [2.75, 3.05) is 6.61 Å². The van der Waals surface area contributed by atoms with Crippen LogP contribution < -0.4 is 0 Å². The van der Waals surface area contributed by atoms with Gasteiger partial charge in [-0.25, -0.2) is 0 Å². The second-order valence-electron chi connectivity index (χ2n) is 3.70. The number of aromatic amines is 1. The van der Waals surface area contributed by atoms with E-state index in [1.807, 2.05) is 18.3 Å². The highest BCUT2D eigenvalue weighted by atomic mass is 16.3. The Balaban J connectivity index is 2.42. The smallest absolute Gasteiger partial charge is 0.0456 e. The predicted octanol–water partition coefficient (Wildman–Crippen LogP) is 2.65. The molecule has 0 aliphatic carbocycles. The summed E-state index contributed by atoms with van der Waals surface area (Å²) in [4.78, 5) is 3.25. The molecule has 2 N–H and O–H groups in total. The first kappa shape index (κ1) is 9.28. The van der Waals surface area contributed by atoms with Gasteiger partial charge in [-0.15, -0.1) is 0 Å². The van der Waals surface area contributed by atoms with E-state index in [2.05, 4.69) is 24.0 Å².